The van der Waals surface area contributed by atoms with E-state index in [2.05, 4.69) is 0 Å². The summed E-state index contributed by atoms with van der Waals surface area (Å²) >= 11 is 6.12. The van der Waals surface area contributed by atoms with Gasteiger partial charge >= 0.3 is 0 Å². The van der Waals surface area contributed by atoms with E-state index < -0.39 is 17.4 Å². The molecule has 1 aromatic carbocycles. The molecule has 3 aliphatic rings. The van der Waals surface area contributed by atoms with Gasteiger partial charge in [-0.3, -0.25) is 9.59 Å². The van der Waals surface area contributed by atoms with Gasteiger partial charge in [0.15, 0.2) is 0 Å². The van der Waals surface area contributed by atoms with E-state index in [4.69, 9.17) is 16.3 Å². The molecule has 1 aromatic rings. The van der Waals surface area contributed by atoms with Crippen molar-refractivity contribution in [1.82, 2.24) is 0 Å². The van der Waals surface area contributed by atoms with Gasteiger partial charge < -0.3 is 4.74 Å². The molecule has 2 fully saturated rings. The van der Waals surface area contributed by atoms with Crippen molar-refractivity contribution >= 4 is 29.1 Å². The van der Waals surface area contributed by atoms with Crippen molar-refractivity contribution in [3.05, 3.63) is 40.9 Å². The molecule has 0 aromatic heterocycles. The van der Waals surface area contributed by atoms with Crippen molar-refractivity contribution < 1.29 is 14.3 Å². The van der Waals surface area contributed by atoms with E-state index in [0.29, 0.717) is 10.7 Å². The molecule has 2 bridgehead atoms. The SMILES string of the molecule is Cc1ccc(N2C(=O)[C@H]3[C@@H]4C=C[C@@](C)(O4)[C@H]3C2=O)cc1Cl. The fraction of sp³-hybridized carbons (Fsp3) is 0.375. The number of nitrogens with zero attached hydrogens (tertiary/aromatic N) is 1. The standard InChI is InChI=1S/C16H14ClNO3/c1-8-3-4-9(7-10(8)17)18-14(19)12-11-5-6-16(2,21-11)13(12)15(18)20/h3-7,11-13H,1-2H3/t11-,12-,13+,16+/m0/s1. The number of amides is 2. The second kappa shape index (κ2) is 3.96. The van der Waals surface area contributed by atoms with Gasteiger partial charge in [-0.1, -0.05) is 29.8 Å². The predicted molar refractivity (Wildman–Crippen MR) is 78.1 cm³/mol. The zero-order chi connectivity index (χ0) is 14.9. The number of halogens is 1. The predicted octanol–water partition coefficient (Wildman–Crippen LogP) is 2.48. The number of fused-ring (bicyclic) bond motifs is 5. The van der Waals surface area contributed by atoms with Crippen molar-refractivity contribution in [3.63, 3.8) is 0 Å². The summed E-state index contributed by atoms with van der Waals surface area (Å²) in [7, 11) is 0. The van der Waals surface area contributed by atoms with Crippen LogP contribution in [0.25, 0.3) is 0 Å². The maximum atomic E-state index is 12.7. The van der Waals surface area contributed by atoms with Gasteiger partial charge in [0.1, 0.15) is 0 Å². The molecule has 0 N–H and O–H groups in total. The van der Waals surface area contributed by atoms with Gasteiger partial charge in [-0.15, -0.1) is 0 Å². The van der Waals surface area contributed by atoms with E-state index in [1.807, 2.05) is 32.1 Å². The molecule has 0 saturated carbocycles. The minimum atomic E-state index is -0.661. The van der Waals surface area contributed by atoms with Gasteiger partial charge in [0.05, 0.1) is 29.2 Å². The van der Waals surface area contributed by atoms with Crippen LogP contribution in [-0.2, 0) is 14.3 Å². The molecule has 0 aliphatic carbocycles. The molecule has 108 valence electrons. The molecule has 2 amide bonds. The van der Waals surface area contributed by atoms with Crippen LogP contribution >= 0.6 is 11.6 Å². The summed E-state index contributed by atoms with van der Waals surface area (Å²) in [6.45, 7) is 3.75. The van der Waals surface area contributed by atoms with Crippen LogP contribution in [0.5, 0.6) is 0 Å². The third kappa shape index (κ3) is 1.54. The Kier molecular flexibility index (Phi) is 2.46. The lowest BCUT2D eigenvalue weighted by Gasteiger charge is -2.24. The van der Waals surface area contributed by atoms with Crippen molar-refractivity contribution in [2.45, 2.75) is 25.6 Å². The maximum absolute atomic E-state index is 12.7. The van der Waals surface area contributed by atoms with Crippen molar-refractivity contribution in [1.29, 1.82) is 0 Å². The first-order valence-corrected chi connectivity index (χ1v) is 7.31. The summed E-state index contributed by atoms with van der Waals surface area (Å²) in [6.07, 6.45) is 3.50. The van der Waals surface area contributed by atoms with Crippen molar-refractivity contribution in [3.8, 4) is 0 Å². The van der Waals surface area contributed by atoms with Gasteiger partial charge in [-0.05, 0) is 31.5 Å². The molecule has 4 atom stereocenters. The molecule has 5 heteroatoms. The number of ether oxygens (including phenoxy) is 1. The lowest BCUT2D eigenvalue weighted by atomic mass is 9.78. The Hall–Kier alpha value is -1.65. The second-order valence-electron chi connectivity index (χ2n) is 6.07. The molecule has 4 rings (SSSR count). The van der Waals surface area contributed by atoms with Crippen LogP contribution in [0.2, 0.25) is 5.02 Å². The van der Waals surface area contributed by atoms with Crippen LogP contribution in [0.15, 0.2) is 30.4 Å². The molecule has 3 heterocycles. The van der Waals surface area contributed by atoms with Crippen molar-refractivity contribution in [2.24, 2.45) is 11.8 Å². The van der Waals surface area contributed by atoms with E-state index in [9.17, 15) is 9.59 Å². The van der Waals surface area contributed by atoms with E-state index in [1.165, 1.54) is 4.90 Å². The van der Waals surface area contributed by atoms with E-state index >= 15 is 0 Å². The zero-order valence-electron chi connectivity index (χ0n) is 11.7. The summed E-state index contributed by atoms with van der Waals surface area (Å²) in [5, 5.41) is 0.550. The topological polar surface area (TPSA) is 46.6 Å². The van der Waals surface area contributed by atoms with Crippen LogP contribution in [0, 0.1) is 18.8 Å². The average molecular weight is 304 g/mol. The Balaban J connectivity index is 1.78. The van der Waals surface area contributed by atoms with Crippen LogP contribution < -0.4 is 4.90 Å². The first-order chi connectivity index (χ1) is 9.92. The van der Waals surface area contributed by atoms with Gasteiger partial charge in [-0.2, -0.15) is 0 Å². The van der Waals surface area contributed by atoms with Crippen LogP contribution in [0.1, 0.15) is 12.5 Å². The van der Waals surface area contributed by atoms with Crippen LogP contribution in [0.4, 0.5) is 5.69 Å². The van der Waals surface area contributed by atoms with Gasteiger partial charge in [0, 0.05) is 5.02 Å². The minimum absolute atomic E-state index is 0.192. The third-order valence-corrected chi connectivity index (χ3v) is 5.15. The monoisotopic (exact) mass is 303 g/mol. The Labute approximate surface area is 127 Å². The summed E-state index contributed by atoms with van der Waals surface area (Å²) in [5.74, 6) is -1.23. The Morgan fingerprint density at radius 3 is 2.71 bits per heavy atom. The maximum Gasteiger partial charge on any atom is 0.241 e. The summed E-state index contributed by atoms with van der Waals surface area (Å²) < 4.78 is 5.79. The molecule has 0 spiro atoms. The number of anilines is 1. The number of hydrogen-bond donors (Lipinski definition) is 0. The Bertz CT molecular complexity index is 713. The highest BCUT2D eigenvalue weighted by Crippen LogP contribution is 2.52. The van der Waals surface area contributed by atoms with Gasteiger partial charge in [-0.25, -0.2) is 4.90 Å². The van der Waals surface area contributed by atoms with E-state index in [1.54, 1.807) is 12.1 Å². The lowest BCUT2D eigenvalue weighted by molar-refractivity contribution is -0.126. The number of rotatable bonds is 1. The van der Waals surface area contributed by atoms with Crippen molar-refractivity contribution in [2.75, 3.05) is 4.90 Å². The summed E-state index contributed by atoms with van der Waals surface area (Å²) in [6, 6.07) is 5.25. The van der Waals surface area contributed by atoms with Gasteiger partial charge in [0.25, 0.3) is 0 Å². The average Bonchev–Trinajstić information content (AvgIpc) is 3.03. The fourth-order valence-electron chi connectivity index (χ4n) is 3.63. The Morgan fingerprint density at radius 2 is 2.05 bits per heavy atom. The normalized spacial score (nSPS) is 36.7. The minimum Gasteiger partial charge on any atom is -0.362 e. The molecule has 3 aliphatic heterocycles. The number of imide groups is 1. The molecule has 2 saturated heterocycles. The van der Waals surface area contributed by atoms with Crippen LogP contribution in [0.3, 0.4) is 0 Å². The molecule has 21 heavy (non-hydrogen) atoms. The second-order valence-corrected chi connectivity index (χ2v) is 6.48. The lowest BCUT2D eigenvalue weighted by Crippen LogP contribution is -2.38. The van der Waals surface area contributed by atoms with E-state index in [-0.39, 0.29) is 17.9 Å². The number of carbonyl (C=O) groups is 2. The first kappa shape index (κ1) is 13.0. The highest BCUT2D eigenvalue weighted by Gasteiger charge is 2.66. The highest BCUT2D eigenvalue weighted by molar-refractivity contribution is 6.32. The van der Waals surface area contributed by atoms with E-state index in [0.717, 1.165) is 5.56 Å². The summed E-state index contributed by atoms with van der Waals surface area (Å²) in [5.41, 5.74) is 0.792. The molecule has 4 nitrogen and oxygen atoms in total. The summed E-state index contributed by atoms with van der Waals surface area (Å²) in [4.78, 5) is 26.7. The number of hydrogen-bond acceptors (Lipinski definition) is 3. The highest BCUT2D eigenvalue weighted by atomic mass is 35.5. The molecule has 0 radical (unpaired) electrons. The fourth-order valence-corrected chi connectivity index (χ4v) is 3.80. The largest absolute Gasteiger partial charge is 0.362 e. The first-order valence-electron chi connectivity index (χ1n) is 6.93. The van der Waals surface area contributed by atoms with Gasteiger partial charge in [0.2, 0.25) is 11.8 Å². The zero-order valence-corrected chi connectivity index (χ0v) is 12.4. The number of aryl methyl sites for hydroxylation is 1. The number of benzene rings is 1. The molecular formula is C16H14ClNO3. The molecule has 0 unspecified atom stereocenters. The number of carbonyl (C=O) groups excluding carboxylic acids is 2. The quantitative estimate of drug-likeness (QED) is 0.591. The smallest absolute Gasteiger partial charge is 0.241 e. The Morgan fingerprint density at radius 1 is 1.29 bits per heavy atom. The third-order valence-electron chi connectivity index (χ3n) is 4.74. The van der Waals surface area contributed by atoms with Crippen LogP contribution in [-0.4, -0.2) is 23.5 Å². The molecular weight excluding hydrogens is 290 g/mol.